The van der Waals surface area contributed by atoms with Crippen molar-refractivity contribution in [3.63, 3.8) is 0 Å². The molecule has 1 heterocycles. The summed E-state index contributed by atoms with van der Waals surface area (Å²) in [5.74, 6) is -1.21. The van der Waals surface area contributed by atoms with Crippen LogP contribution in [0.5, 0.6) is 0 Å². The lowest BCUT2D eigenvalue weighted by atomic mass is 9.93. The Hall–Kier alpha value is -1.11. The van der Waals surface area contributed by atoms with E-state index in [0.29, 0.717) is 19.4 Å². The Bertz CT molecular complexity index is 518. The van der Waals surface area contributed by atoms with Crippen LogP contribution < -0.4 is 0 Å². The van der Waals surface area contributed by atoms with Gasteiger partial charge in [0.05, 0.1) is 12.3 Å². The normalized spacial score (nSPS) is 22.6. The van der Waals surface area contributed by atoms with Gasteiger partial charge in [0, 0.05) is 16.2 Å². The third kappa shape index (κ3) is 3.71. The molecule has 0 saturated carbocycles. The van der Waals surface area contributed by atoms with Gasteiger partial charge in [-0.15, -0.1) is 0 Å². The van der Waals surface area contributed by atoms with Gasteiger partial charge >= 0.3 is 5.97 Å². The van der Waals surface area contributed by atoms with E-state index in [1.165, 1.54) is 0 Å². The lowest BCUT2D eigenvalue weighted by Crippen LogP contribution is -2.47. The number of benzene rings is 1. The fraction of sp³-hybridized carbons (Fsp3) is 0.467. The number of amides is 1. The first-order valence-corrected chi connectivity index (χ1v) is 7.82. The van der Waals surface area contributed by atoms with Crippen molar-refractivity contribution in [3.8, 4) is 0 Å². The number of likely N-dealkylation sites (tertiary alicyclic amines) is 1. The SMILES string of the molecule is CC1CCC(C(=O)O)CN1C(=O)Cc1cccc(I)c1. The molecule has 2 atom stereocenters. The Balaban J connectivity index is 2.05. The van der Waals surface area contributed by atoms with Crippen molar-refractivity contribution >= 4 is 34.5 Å². The van der Waals surface area contributed by atoms with Crippen molar-refractivity contribution in [2.24, 2.45) is 5.92 Å². The summed E-state index contributed by atoms with van der Waals surface area (Å²) in [6.45, 7) is 2.32. The van der Waals surface area contributed by atoms with E-state index in [2.05, 4.69) is 22.6 Å². The largest absolute Gasteiger partial charge is 0.481 e. The zero-order valence-electron chi connectivity index (χ0n) is 11.4. The third-order valence-corrected chi connectivity index (χ3v) is 4.47. The molecular weight excluding hydrogens is 369 g/mol. The molecule has 1 fully saturated rings. The highest BCUT2D eigenvalue weighted by Crippen LogP contribution is 2.23. The van der Waals surface area contributed by atoms with Gasteiger partial charge in [0.15, 0.2) is 0 Å². The number of piperidine rings is 1. The van der Waals surface area contributed by atoms with Crippen LogP contribution in [0.25, 0.3) is 0 Å². The lowest BCUT2D eigenvalue weighted by molar-refractivity contribution is -0.146. The first kappa shape index (κ1) is 15.3. The Labute approximate surface area is 132 Å². The first-order valence-electron chi connectivity index (χ1n) is 6.74. The minimum Gasteiger partial charge on any atom is -0.481 e. The monoisotopic (exact) mass is 387 g/mol. The van der Waals surface area contributed by atoms with Crippen LogP contribution in [0.3, 0.4) is 0 Å². The second-order valence-corrected chi connectivity index (χ2v) is 6.56. The van der Waals surface area contributed by atoms with Gasteiger partial charge in [-0.25, -0.2) is 0 Å². The number of carboxylic acid groups (broad SMARTS) is 1. The summed E-state index contributed by atoms with van der Waals surface area (Å²) >= 11 is 2.22. The molecule has 0 bridgehead atoms. The molecule has 1 N–H and O–H groups in total. The van der Waals surface area contributed by atoms with Crippen molar-refractivity contribution in [2.75, 3.05) is 6.54 Å². The summed E-state index contributed by atoms with van der Waals surface area (Å²) in [4.78, 5) is 25.2. The highest BCUT2D eigenvalue weighted by molar-refractivity contribution is 14.1. The predicted molar refractivity (Wildman–Crippen MR) is 84.4 cm³/mol. The average molecular weight is 387 g/mol. The number of carboxylic acids is 1. The number of aliphatic carboxylic acids is 1. The van der Waals surface area contributed by atoms with Crippen LogP contribution in [-0.4, -0.2) is 34.5 Å². The molecule has 4 nitrogen and oxygen atoms in total. The molecule has 2 unspecified atom stereocenters. The van der Waals surface area contributed by atoms with Crippen LogP contribution in [0, 0.1) is 9.49 Å². The minimum absolute atomic E-state index is 0.0189. The molecule has 1 saturated heterocycles. The number of hydrogen-bond acceptors (Lipinski definition) is 2. The zero-order chi connectivity index (χ0) is 14.7. The molecule has 20 heavy (non-hydrogen) atoms. The summed E-state index contributed by atoms with van der Waals surface area (Å²) in [6, 6.07) is 7.97. The Morgan fingerprint density at radius 1 is 1.40 bits per heavy atom. The summed E-state index contributed by atoms with van der Waals surface area (Å²) in [6.07, 6.45) is 1.76. The number of nitrogens with zero attached hydrogens (tertiary/aromatic N) is 1. The van der Waals surface area contributed by atoms with Gasteiger partial charge in [0.1, 0.15) is 0 Å². The van der Waals surface area contributed by atoms with Gasteiger partial charge in [0.2, 0.25) is 5.91 Å². The molecule has 1 aromatic carbocycles. The van der Waals surface area contributed by atoms with Crippen LogP contribution in [0.2, 0.25) is 0 Å². The van der Waals surface area contributed by atoms with Crippen LogP contribution in [0.15, 0.2) is 24.3 Å². The third-order valence-electron chi connectivity index (χ3n) is 3.80. The number of carbonyl (C=O) groups is 2. The first-order chi connectivity index (χ1) is 9.47. The Morgan fingerprint density at radius 2 is 2.15 bits per heavy atom. The van der Waals surface area contributed by atoms with Crippen molar-refractivity contribution < 1.29 is 14.7 Å². The van der Waals surface area contributed by atoms with E-state index < -0.39 is 11.9 Å². The smallest absolute Gasteiger partial charge is 0.308 e. The number of rotatable bonds is 3. The van der Waals surface area contributed by atoms with Crippen LogP contribution in [0.1, 0.15) is 25.3 Å². The minimum atomic E-state index is -0.802. The van der Waals surface area contributed by atoms with E-state index in [0.717, 1.165) is 15.6 Å². The summed E-state index contributed by atoms with van der Waals surface area (Å²) < 4.78 is 1.10. The molecule has 1 aliphatic heterocycles. The number of hydrogen-bond donors (Lipinski definition) is 1. The second-order valence-electron chi connectivity index (χ2n) is 5.31. The van der Waals surface area contributed by atoms with Gasteiger partial charge in [-0.1, -0.05) is 12.1 Å². The average Bonchev–Trinajstić information content (AvgIpc) is 2.38. The Kier molecular flexibility index (Phi) is 5.01. The maximum absolute atomic E-state index is 12.4. The van der Waals surface area contributed by atoms with Crippen LogP contribution in [-0.2, 0) is 16.0 Å². The van der Waals surface area contributed by atoms with E-state index >= 15 is 0 Å². The number of carbonyl (C=O) groups excluding carboxylic acids is 1. The molecule has 108 valence electrons. The van der Waals surface area contributed by atoms with Crippen LogP contribution in [0.4, 0.5) is 0 Å². The van der Waals surface area contributed by atoms with E-state index in [-0.39, 0.29) is 11.9 Å². The highest BCUT2D eigenvalue weighted by Gasteiger charge is 2.32. The molecule has 1 amide bonds. The summed E-state index contributed by atoms with van der Waals surface area (Å²) in [7, 11) is 0. The topological polar surface area (TPSA) is 57.6 Å². The van der Waals surface area contributed by atoms with Gasteiger partial charge in [-0.2, -0.15) is 0 Å². The van der Waals surface area contributed by atoms with Gasteiger partial charge in [-0.05, 0) is 60.1 Å². The number of halogens is 1. The highest BCUT2D eigenvalue weighted by atomic mass is 127. The van der Waals surface area contributed by atoms with Crippen molar-refractivity contribution in [1.29, 1.82) is 0 Å². The standard InChI is InChI=1S/C15H18INO3/c1-10-5-6-12(15(19)20)9-17(10)14(18)8-11-3-2-4-13(16)7-11/h2-4,7,10,12H,5-6,8-9H2,1H3,(H,19,20). The molecule has 0 aliphatic carbocycles. The van der Waals surface area contributed by atoms with Gasteiger partial charge in [0.25, 0.3) is 0 Å². The van der Waals surface area contributed by atoms with Crippen molar-refractivity contribution in [1.82, 2.24) is 4.90 Å². The fourth-order valence-electron chi connectivity index (χ4n) is 2.58. The summed E-state index contributed by atoms with van der Waals surface area (Å²) in [5.41, 5.74) is 0.978. The predicted octanol–water partition coefficient (Wildman–Crippen LogP) is 2.55. The van der Waals surface area contributed by atoms with Crippen molar-refractivity contribution in [3.05, 3.63) is 33.4 Å². The lowest BCUT2D eigenvalue weighted by Gasteiger charge is -2.36. The molecule has 2 rings (SSSR count). The second kappa shape index (κ2) is 6.56. The van der Waals surface area contributed by atoms with E-state index in [1.807, 2.05) is 31.2 Å². The van der Waals surface area contributed by atoms with Crippen molar-refractivity contribution in [2.45, 2.75) is 32.2 Å². The maximum Gasteiger partial charge on any atom is 0.308 e. The quantitative estimate of drug-likeness (QED) is 0.812. The fourth-order valence-corrected chi connectivity index (χ4v) is 3.19. The molecule has 0 radical (unpaired) electrons. The zero-order valence-corrected chi connectivity index (χ0v) is 13.5. The molecule has 0 aromatic heterocycles. The van der Waals surface area contributed by atoms with E-state index in [9.17, 15) is 9.59 Å². The van der Waals surface area contributed by atoms with E-state index in [1.54, 1.807) is 4.90 Å². The van der Waals surface area contributed by atoms with Gasteiger partial charge in [-0.3, -0.25) is 9.59 Å². The van der Waals surface area contributed by atoms with Crippen LogP contribution >= 0.6 is 22.6 Å². The maximum atomic E-state index is 12.4. The summed E-state index contributed by atoms with van der Waals surface area (Å²) in [5, 5.41) is 9.11. The van der Waals surface area contributed by atoms with E-state index in [4.69, 9.17) is 5.11 Å². The molecule has 0 spiro atoms. The molecular formula is C15H18INO3. The molecule has 1 aromatic rings. The Morgan fingerprint density at radius 3 is 2.80 bits per heavy atom. The molecule has 1 aliphatic rings. The van der Waals surface area contributed by atoms with Gasteiger partial charge < -0.3 is 10.0 Å². The molecule has 5 heteroatoms.